The Kier molecular flexibility index (Phi) is 3.17. The summed E-state index contributed by atoms with van der Waals surface area (Å²) in [6, 6.07) is 12.0. The molecule has 2 aromatic heterocycles. The molecule has 2 heterocycles. The molecule has 19 heavy (non-hydrogen) atoms. The summed E-state index contributed by atoms with van der Waals surface area (Å²) in [5, 5.41) is 8.55. The number of pyridine rings is 1. The Morgan fingerprint density at radius 2 is 2.05 bits per heavy atom. The summed E-state index contributed by atoms with van der Waals surface area (Å²) in [7, 11) is 0. The second-order valence-corrected chi connectivity index (χ2v) is 5.00. The van der Waals surface area contributed by atoms with Crippen molar-refractivity contribution >= 4 is 22.8 Å². The molecule has 0 aliphatic heterocycles. The molecule has 0 aliphatic rings. The molecule has 0 atom stereocenters. The fourth-order valence-electron chi connectivity index (χ4n) is 1.82. The van der Waals surface area contributed by atoms with Gasteiger partial charge in [-0.1, -0.05) is 12.1 Å². The van der Waals surface area contributed by atoms with Crippen LogP contribution < -0.4 is 0 Å². The summed E-state index contributed by atoms with van der Waals surface area (Å²) in [5.41, 5.74) is 2.87. The van der Waals surface area contributed by atoms with Crippen LogP contribution in [-0.2, 0) is 0 Å². The Labute approximate surface area is 114 Å². The Morgan fingerprint density at radius 1 is 1.21 bits per heavy atom. The van der Waals surface area contributed by atoms with Gasteiger partial charge < -0.3 is 4.98 Å². The van der Waals surface area contributed by atoms with Crippen LogP contribution in [0.2, 0.25) is 0 Å². The zero-order valence-electron chi connectivity index (χ0n) is 10.00. The van der Waals surface area contributed by atoms with E-state index in [1.165, 1.54) is 11.8 Å². The van der Waals surface area contributed by atoms with Crippen molar-refractivity contribution in [2.75, 3.05) is 5.75 Å². The molecule has 5 heteroatoms. The van der Waals surface area contributed by atoms with Crippen molar-refractivity contribution in [1.29, 1.82) is 5.26 Å². The third kappa shape index (κ3) is 2.44. The van der Waals surface area contributed by atoms with Gasteiger partial charge in [0.15, 0.2) is 0 Å². The van der Waals surface area contributed by atoms with E-state index < -0.39 is 0 Å². The second kappa shape index (κ2) is 5.12. The van der Waals surface area contributed by atoms with Gasteiger partial charge in [0.05, 0.1) is 29.1 Å². The SMILES string of the molecule is N#CCSc1ccc(-c2nc3ccncc3[nH]2)cc1. The molecular formula is C14H10N4S. The molecule has 3 aromatic rings. The predicted molar refractivity (Wildman–Crippen MR) is 75.7 cm³/mol. The highest BCUT2D eigenvalue weighted by molar-refractivity contribution is 7.99. The maximum absolute atomic E-state index is 8.55. The lowest BCUT2D eigenvalue weighted by molar-refractivity contribution is 1.32. The standard InChI is InChI=1S/C14H10N4S/c15-6-8-19-11-3-1-10(2-4-11)14-17-12-5-7-16-9-13(12)18-14/h1-5,7,9H,8H2,(H,17,18). The van der Waals surface area contributed by atoms with Crippen LogP contribution in [0.15, 0.2) is 47.6 Å². The molecule has 4 nitrogen and oxygen atoms in total. The number of nitrogens with zero attached hydrogens (tertiary/aromatic N) is 3. The molecule has 1 N–H and O–H groups in total. The highest BCUT2D eigenvalue weighted by Crippen LogP contribution is 2.23. The Morgan fingerprint density at radius 3 is 2.79 bits per heavy atom. The number of H-pyrrole nitrogens is 1. The van der Waals surface area contributed by atoms with Crippen LogP contribution in [0.3, 0.4) is 0 Å². The first-order chi connectivity index (χ1) is 9.36. The molecule has 1 aromatic carbocycles. The van der Waals surface area contributed by atoms with Crippen molar-refractivity contribution in [3.8, 4) is 17.5 Å². The molecule has 92 valence electrons. The van der Waals surface area contributed by atoms with Gasteiger partial charge in [-0.05, 0) is 18.2 Å². The second-order valence-electron chi connectivity index (χ2n) is 3.95. The monoisotopic (exact) mass is 266 g/mol. The van der Waals surface area contributed by atoms with Crippen LogP contribution in [-0.4, -0.2) is 20.7 Å². The maximum Gasteiger partial charge on any atom is 0.138 e. The van der Waals surface area contributed by atoms with Gasteiger partial charge in [0.1, 0.15) is 5.82 Å². The Bertz CT molecular complexity index is 707. The van der Waals surface area contributed by atoms with E-state index in [1.54, 1.807) is 12.4 Å². The number of hydrogen-bond acceptors (Lipinski definition) is 4. The molecule has 0 radical (unpaired) electrons. The topological polar surface area (TPSA) is 65.4 Å². The largest absolute Gasteiger partial charge is 0.337 e. The first-order valence-corrected chi connectivity index (χ1v) is 6.75. The maximum atomic E-state index is 8.55. The summed E-state index contributed by atoms with van der Waals surface area (Å²) in [6.07, 6.45) is 3.50. The average Bonchev–Trinajstić information content (AvgIpc) is 2.89. The molecule has 0 saturated carbocycles. The normalized spacial score (nSPS) is 10.5. The first kappa shape index (κ1) is 11.8. The van der Waals surface area contributed by atoms with Crippen LogP contribution in [0.25, 0.3) is 22.4 Å². The smallest absolute Gasteiger partial charge is 0.138 e. The zero-order chi connectivity index (χ0) is 13.1. The highest BCUT2D eigenvalue weighted by Gasteiger charge is 2.05. The van der Waals surface area contributed by atoms with Gasteiger partial charge in [-0.15, -0.1) is 11.8 Å². The van der Waals surface area contributed by atoms with E-state index in [-0.39, 0.29) is 0 Å². The number of aromatic nitrogens is 3. The Hall–Kier alpha value is -2.32. The van der Waals surface area contributed by atoms with Crippen molar-refractivity contribution in [3.05, 3.63) is 42.7 Å². The first-order valence-electron chi connectivity index (χ1n) is 5.77. The van der Waals surface area contributed by atoms with Crippen molar-refractivity contribution in [2.24, 2.45) is 0 Å². The predicted octanol–water partition coefficient (Wildman–Crippen LogP) is 3.24. The lowest BCUT2D eigenvalue weighted by Crippen LogP contribution is -1.81. The van der Waals surface area contributed by atoms with Crippen LogP contribution in [0.1, 0.15) is 0 Å². The fraction of sp³-hybridized carbons (Fsp3) is 0.0714. The summed E-state index contributed by atoms with van der Waals surface area (Å²) in [6.45, 7) is 0. The van der Waals surface area contributed by atoms with Gasteiger partial charge in [-0.3, -0.25) is 4.98 Å². The van der Waals surface area contributed by atoms with Crippen molar-refractivity contribution in [2.45, 2.75) is 4.90 Å². The van der Waals surface area contributed by atoms with E-state index in [1.807, 2.05) is 30.3 Å². The number of nitriles is 1. The molecule has 0 saturated heterocycles. The molecule has 3 rings (SSSR count). The van der Waals surface area contributed by atoms with Gasteiger partial charge >= 0.3 is 0 Å². The van der Waals surface area contributed by atoms with E-state index in [2.05, 4.69) is 21.0 Å². The number of imidazole rings is 1. The van der Waals surface area contributed by atoms with Crippen LogP contribution in [0, 0.1) is 11.3 Å². The number of thioether (sulfide) groups is 1. The quantitative estimate of drug-likeness (QED) is 0.739. The average molecular weight is 266 g/mol. The minimum atomic E-state index is 0.468. The molecule has 0 unspecified atom stereocenters. The lowest BCUT2D eigenvalue weighted by atomic mass is 10.2. The minimum absolute atomic E-state index is 0.468. The van der Waals surface area contributed by atoms with E-state index in [9.17, 15) is 0 Å². The number of aromatic amines is 1. The van der Waals surface area contributed by atoms with Crippen molar-refractivity contribution in [3.63, 3.8) is 0 Å². The van der Waals surface area contributed by atoms with Crippen LogP contribution >= 0.6 is 11.8 Å². The summed E-state index contributed by atoms with van der Waals surface area (Å²) < 4.78 is 0. The highest BCUT2D eigenvalue weighted by atomic mass is 32.2. The van der Waals surface area contributed by atoms with Crippen LogP contribution in [0.4, 0.5) is 0 Å². The van der Waals surface area contributed by atoms with E-state index in [4.69, 9.17) is 5.26 Å². The zero-order valence-corrected chi connectivity index (χ0v) is 10.8. The van der Waals surface area contributed by atoms with Crippen molar-refractivity contribution < 1.29 is 0 Å². The van der Waals surface area contributed by atoms with Gasteiger partial charge in [0.2, 0.25) is 0 Å². The number of hydrogen-bond donors (Lipinski definition) is 1. The van der Waals surface area contributed by atoms with Gasteiger partial charge in [0, 0.05) is 16.7 Å². The molecule has 0 bridgehead atoms. The van der Waals surface area contributed by atoms with Gasteiger partial charge in [-0.25, -0.2) is 4.98 Å². The number of nitrogens with one attached hydrogen (secondary N) is 1. The molecule has 0 amide bonds. The number of rotatable bonds is 3. The van der Waals surface area contributed by atoms with Gasteiger partial charge in [-0.2, -0.15) is 5.26 Å². The summed E-state index contributed by atoms with van der Waals surface area (Å²) >= 11 is 1.53. The van der Waals surface area contributed by atoms with E-state index >= 15 is 0 Å². The third-order valence-electron chi connectivity index (χ3n) is 2.71. The Balaban J connectivity index is 1.91. The van der Waals surface area contributed by atoms with Crippen molar-refractivity contribution in [1.82, 2.24) is 15.0 Å². The summed E-state index contributed by atoms with van der Waals surface area (Å²) in [4.78, 5) is 12.9. The number of fused-ring (bicyclic) bond motifs is 1. The number of benzene rings is 1. The van der Waals surface area contributed by atoms with E-state index in [0.29, 0.717) is 5.75 Å². The van der Waals surface area contributed by atoms with E-state index in [0.717, 1.165) is 27.3 Å². The lowest BCUT2D eigenvalue weighted by Gasteiger charge is -1.99. The van der Waals surface area contributed by atoms with Crippen LogP contribution in [0.5, 0.6) is 0 Å². The molecule has 0 fully saturated rings. The summed E-state index contributed by atoms with van der Waals surface area (Å²) in [5.74, 6) is 1.30. The molecular weight excluding hydrogens is 256 g/mol. The fourth-order valence-corrected chi connectivity index (χ4v) is 2.38. The minimum Gasteiger partial charge on any atom is -0.337 e. The van der Waals surface area contributed by atoms with Gasteiger partial charge in [0.25, 0.3) is 0 Å². The molecule has 0 aliphatic carbocycles. The third-order valence-corrected chi connectivity index (χ3v) is 3.59. The molecule has 0 spiro atoms.